The van der Waals surface area contributed by atoms with Gasteiger partial charge in [-0.05, 0) is 36.2 Å². The number of carbonyl (C=O) groups is 1. The van der Waals surface area contributed by atoms with Gasteiger partial charge in [0.1, 0.15) is 17.4 Å². The van der Waals surface area contributed by atoms with Gasteiger partial charge >= 0.3 is 0 Å². The molecular formula is C17H16ClF2NO3S. The Kier molecular flexibility index (Phi) is 6.13. The molecule has 0 saturated carbocycles. The van der Waals surface area contributed by atoms with E-state index in [1.807, 2.05) is 0 Å². The van der Waals surface area contributed by atoms with Crippen LogP contribution in [0.1, 0.15) is 16.7 Å². The van der Waals surface area contributed by atoms with Crippen molar-refractivity contribution < 1.29 is 22.0 Å². The highest BCUT2D eigenvalue weighted by atomic mass is 35.5. The van der Waals surface area contributed by atoms with Crippen LogP contribution < -0.4 is 5.32 Å². The molecule has 0 unspecified atom stereocenters. The first kappa shape index (κ1) is 19.3. The molecule has 1 amide bonds. The van der Waals surface area contributed by atoms with Gasteiger partial charge in [-0.2, -0.15) is 0 Å². The van der Waals surface area contributed by atoms with Crippen molar-refractivity contribution in [3.63, 3.8) is 0 Å². The number of nitrogens with one attached hydrogen (secondary N) is 1. The Labute approximate surface area is 149 Å². The maximum Gasteiger partial charge on any atom is 0.235 e. The Morgan fingerprint density at radius 3 is 2.52 bits per heavy atom. The zero-order chi connectivity index (χ0) is 18.6. The van der Waals surface area contributed by atoms with Gasteiger partial charge < -0.3 is 5.32 Å². The number of rotatable bonds is 6. The highest BCUT2D eigenvalue weighted by Crippen LogP contribution is 2.21. The quantitative estimate of drug-likeness (QED) is 0.828. The van der Waals surface area contributed by atoms with E-state index < -0.39 is 33.1 Å². The number of hydrogen-bond donors (Lipinski definition) is 1. The minimum Gasteiger partial charge on any atom is -0.351 e. The van der Waals surface area contributed by atoms with Crippen LogP contribution in [0, 0.1) is 18.6 Å². The predicted octanol–water partition coefficient (Wildman–Crippen LogP) is 3.16. The third-order valence-electron chi connectivity index (χ3n) is 3.49. The minimum atomic E-state index is -3.89. The highest BCUT2D eigenvalue weighted by Gasteiger charge is 2.21. The van der Waals surface area contributed by atoms with Gasteiger partial charge in [0, 0.05) is 17.1 Å². The van der Waals surface area contributed by atoms with Gasteiger partial charge in [0.15, 0.2) is 9.84 Å². The van der Waals surface area contributed by atoms with Crippen LogP contribution in [0.15, 0.2) is 36.4 Å². The molecule has 4 nitrogen and oxygen atoms in total. The molecular weight excluding hydrogens is 372 g/mol. The molecule has 134 valence electrons. The molecule has 0 aliphatic rings. The average Bonchev–Trinajstić information content (AvgIpc) is 2.52. The molecule has 0 atom stereocenters. The van der Waals surface area contributed by atoms with Crippen molar-refractivity contribution in [1.82, 2.24) is 5.32 Å². The Morgan fingerprint density at radius 2 is 1.88 bits per heavy atom. The second kappa shape index (κ2) is 7.93. The maximum absolute atomic E-state index is 13.7. The fourth-order valence-corrected chi connectivity index (χ4v) is 3.86. The zero-order valence-electron chi connectivity index (χ0n) is 13.4. The number of benzene rings is 2. The molecule has 2 rings (SSSR count). The molecule has 0 radical (unpaired) electrons. The Morgan fingerprint density at radius 1 is 1.16 bits per heavy atom. The normalized spacial score (nSPS) is 11.4. The first-order valence-electron chi connectivity index (χ1n) is 7.33. The number of aryl methyl sites for hydroxylation is 1. The molecule has 0 aliphatic heterocycles. The lowest BCUT2D eigenvalue weighted by Crippen LogP contribution is -2.30. The van der Waals surface area contributed by atoms with E-state index in [1.165, 1.54) is 24.3 Å². The number of sulfone groups is 1. The van der Waals surface area contributed by atoms with Crippen LogP contribution in [-0.4, -0.2) is 20.1 Å². The van der Waals surface area contributed by atoms with E-state index in [0.29, 0.717) is 11.1 Å². The molecule has 2 aromatic carbocycles. The van der Waals surface area contributed by atoms with Crippen LogP contribution in [-0.2, 0) is 26.9 Å². The number of amides is 1. The second-order valence-electron chi connectivity index (χ2n) is 5.59. The van der Waals surface area contributed by atoms with Crippen LogP contribution in [0.2, 0.25) is 5.02 Å². The van der Waals surface area contributed by atoms with E-state index in [1.54, 1.807) is 13.0 Å². The SMILES string of the molecule is Cc1cc(CNC(=O)CS(=O)(=O)Cc2c(F)cccc2Cl)ccc1F. The predicted molar refractivity (Wildman–Crippen MR) is 91.9 cm³/mol. The molecule has 0 aromatic heterocycles. The molecule has 0 aliphatic carbocycles. The fraction of sp³-hybridized carbons (Fsp3) is 0.235. The fourth-order valence-electron chi connectivity index (χ4n) is 2.21. The van der Waals surface area contributed by atoms with Crippen molar-refractivity contribution in [2.75, 3.05) is 5.75 Å². The lowest BCUT2D eigenvalue weighted by atomic mass is 10.1. The third kappa shape index (κ3) is 5.51. The van der Waals surface area contributed by atoms with Crippen LogP contribution >= 0.6 is 11.6 Å². The van der Waals surface area contributed by atoms with Crippen molar-refractivity contribution >= 4 is 27.3 Å². The smallest absolute Gasteiger partial charge is 0.235 e. The van der Waals surface area contributed by atoms with E-state index >= 15 is 0 Å². The van der Waals surface area contributed by atoms with E-state index in [4.69, 9.17) is 11.6 Å². The molecule has 0 bridgehead atoms. The summed E-state index contributed by atoms with van der Waals surface area (Å²) in [5, 5.41) is 2.44. The monoisotopic (exact) mass is 387 g/mol. The van der Waals surface area contributed by atoms with Crippen LogP contribution in [0.4, 0.5) is 8.78 Å². The maximum atomic E-state index is 13.7. The summed E-state index contributed by atoms with van der Waals surface area (Å²) >= 11 is 5.81. The minimum absolute atomic E-state index is 0.00855. The number of hydrogen-bond acceptors (Lipinski definition) is 3. The number of carbonyl (C=O) groups excluding carboxylic acids is 1. The summed E-state index contributed by atoms with van der Waals surface area (Å²) in [6.45, 7) is 1.65. The van der Waals surface area contributed by atoms with Gasteiger partial charge in [-0.1, -0.05) is 29.8 Å². The lowest BCUT2D eigenvalue weighted by molar-refractivity contribution is -0.118. The molecule has 2 aromatic rings. The van der Waals surface area contributed by atoms with E-state index in [9.17, 15) is 22.0 Å². The van der Waals surface area contributed by atoms with Gasteiger partial charge in [-0.3, -0.25) is 4.79 Å². The topological polar surface area (TPSA) is 63.2 Å². The Hall–Kier alpha value is -1.99. The van der Waals surface area contributed by atoms with Gasteiger partial charge in [-0.25, -0.2) is 17.2 Å². The van der Waals surface area contributed by atoms with E-state index in [2.05, 4.69) is 5.32 Å². The van der Waals surface area contributed by atoms with Crippen LogP contribution in [0.25, 0.3) is 0 Å². The van der Waals surface area contributed by atoms with Gasteiger partial charge in [0.2, 0.25) is 5.91 Å². The largest absolute Gasteiger partial charge is 0.351 e. The lowest BCUT2D eigenvalue weighted by Gasteiger charge is -2.09. The van der Waals surface area contributed by atoms with Crippen molar-refractivity contribution in [1.29, 1.82) is 0 Å². The molecule has 1 N–H and O–H groups in total. The summed E-state index contributed by atoms with van der Waals surface area (Å²) in [5.74, 6) is -3.29. The van der Waals surface area contributed by atoms with Crippen molar-refractivity contribution in [3.8, 4) is 0 Å². The summed E-state index contributed by atoms with van der Waals surface area (Å²) in [4.78, 5) is 11.9. The molecule has 0 heterocycles. The molecule has 0 fully saturated rings. The third-order valence-corrected chi connectivity index (χ3v) is 5.27. The Balaban J connectivity index is 1.98. The summed E-state index contributed by atoms with van der Waals surface area (Å²) in [5.41, 5.74) is 0.904. The molecule has 0 spiro atoms. The van der Waals surface area contributed by atoms with E-state index in [0.717, 1.165) is 6.07 Å². The van der Waals surface area contributed by atoms with Gasteiger partial charge in [-0.15, -0.1) is 0 Å². The zero-order valence-corrected chi connectivity index (χ0v) is 14.9. The summed E-state index contributed by atoms with van der Waals surface area (Å²) in [6, 6.07) is 8.18. The van der Waals surface area contributed by atoms with Gasteiger partial charge in [0.05, 0.1) is 5.75 Å². The molecule has 0 saturated heterocycles. The standard InChI is InChI=1S/C17H16ClF2NO3S/c1-11-7-12(5-6-15(11)19)8-21-17(22)10-25(23,24)9-13-14(18)3-2-4-16(13)20/h2-7H,8-10H2,1H3,(H,21,22). The number of halogens is 3. The summed E-state index contributed by atoms with van der Waals surface area (Å²) in [6.07, 6.45) is 0. The molecule has 8 heteroatoms. The second-order valence-corrected chi connectivity index (χ2v) is 8.06. The van der Waals surface area contributed by atoms with Crippen molar-refractivity contribution in [2.45, 2.75) is 19.2 Å². The van der Waals surface area contributed by atoms with E-state index in [-0.39, 0.29) is 22.9 Å². The average molecular weight is 388 g/mol. The summed E-state index contributed by atoms with van der Waals surface area (Å²) < 4.78 is 51.0. The summed E-state index contributed by atoms with van der Waals surface area (Å²) in [7, 11) is -3.89. The highest BCUT2D eigenvalue weighted by molar-refractivity contribution is 7.91. The Bertz CT molecular complexity index is 881. The van der Waals surface area contributed by atoms with Crippen LogP contribution in [0.3, 0.4) is 0 Å². The van der Waals surface area contributed by atoms with Gasteiger partial charge in [0.25, 0.3) is 0 Å². The van der Waals surface area contributed by atoms with Crippen molar-refractivity contribution in [2.24, 2.45) is 0 Å². The first-order valence-corrected chi connectivity index (χ1v) is 9.53. The molecule has 25 heavy (non-hydrogen) atoms. The van der Waals surface area contributed by atoms with Crippen molar-refractivity contribution in [3.05, 3.63) is 69.7 Å². The first-order chi connectivity index (χ1) is 11.7. The van der Waals surface area contributed by atoms with Crippen LogP contribution in [0.5, 0.6) is 0 Å².